The lowest BCUT2D eigenvalue weighted by Crippen LogP contribution is -2.54. The minimum atomic E-state index is -0.352. The molecule has 2 heterocycles. The van der Waals surface area contributed by atoms with Crippen LogP contribution in [0.4, 0.5) is 0 Å². The van der Waals surface area contributed by atoms with Crippen molar-refractivity contribution in [1.29, 1.82) is 0 Å². The fraction of sp³-hybridized carbons (Fsp3) is 0.867. The molecule has 2 atom stereocenters. The van der Waals surface area contributed by atoms with Crippen LogP contribution in [0.5, 0.6) is 0 Å². The van der Waals surface area contributed by atoms with E-state index in [1.54, 1.807) is 0 Å². The second-order valence-corrected chi connectivity index (χ2v) is 6.50. The molecule has 0 aromatic heterocycles. The van der Waals surface area contributed by atoms with Crippen molar-refractivity contribution in [2.75, 3.05) is 19.7 Å². The van der Waals surface area contributed by atoms with E-state index in [9.17, 15) is 14.7 Å². The second kappa shape index (κ2) is 6.12. The Hall–Kier alpha value is -1.10. The zero-order valence-corrected chi connectivity index (χ0v) is 12.5. The van der Waals surface area contributed by atoms with Gasteiger partial charge in [-0.3, -0.25) is 9.59 Å². The third-order valence-corrected chi connectivity index (χ3v) is 5.03. The molecular weight excluding hydrogens is 256 g/mol. The van der Waals surface area contributed by atoms with Crippen molar-refractivity contribution in [3.63, 3.8) is 0 Å². The van der Waals surface area contributed by atoms with Crippen molar-refractivity contribution < 1.29 is 14.7 Å². The number of hydrogen-bond donors (Lipinski definition) is 2. The van der Waals surface area contributed by atoms with Gasteiger partial charge in [0.25, 0.3) is 0 Å². The molecule has 5 nitrogen and oxygen atoms in total. The van der Waals surface area contributed by atoms with E-state index in [1.165, 1.54) is 0 Å². The molecule has 2 aliphatic heterocycles. The highest BCUT2D eigenvalue weighted by Gasteiger charge is 2.37. The maximum Gasteiger partial charge on any atom is 0.245 e. The third kappa shape index (κ3) is 3.14. The van der Waals surface area contributed by atoms with Gasteiger partial charge < -0.3 is 15.3 Å². The summed E-state index contributed by atoms with van der Waals surface area (Å²) in [7, 11) is 0. The summed E-state index contributed by atoms with van der Waals surface area (Å²) in [6, 6.07) is -0.352. The Morgan fingerprint density at radius 1 is 1.45 bits per heavy atom. The normalized spacial score (nSPS) is 29.9. The lowest BCUT2D eigenvalue weighted by Gasteiger charge is -2.42. The molecule has 20 heavy (non-hydrogen) atoms. The van der Waals surface area contributed by atoms with Crippen molar-refractivity contribution in [3.8, 4) is 0 Å². The molecule has 2 saturated heterocycles. The summed E-state index contributed by atoms with van der Waals surface area (Å²) in [5.74, 6) is 0.305. The highest BCUT2D eigenvalue weighted by molar-refractivity contribution is 5.89. The first-order valence-electron chi connectivity index (χ1n) is 7.68. The molecule has 0 aromatic carbocycles. The lowest BCUT2D eigenvalue weighted by molar-refractivity contribution is -0.141. The number of piperidine rings is 2. The van der Waals surface area contributed by atoms with E-state index in [2.05, 4.69) is 12.2 Å². The van der Waals surface area contributed by atoms with E-state index in [0.717, 1.165) is 25.7 Å². The Balaban J connectivity index is 1.93. The van der Waals surface area contributed by atoms with Crippen LogP contribution in [0.15, 0.2) is 0 Å². The number of nitrogens with one attached hydrogen (secondary N) is 1. The molecule has 2 N–H and O–H groups in total. The highest BCUT2D eigenvalue weighted by atomic mass is 16.3. The van der Waals surface area contributed by atoms with E-state index in [0.29, 0.717) is 19.5 Å². The summed E-state index contributed by atoms with van der Waals surface area (Å²) in [4.78, 5) is 25.9. The number of aliphatic hydroxyl groups is 1. The summed E-state index contributed by atoms with van der Waals surface area (Å²) in [6.45, 7) is 5.69. The van der Waals surface area contributed by atoms with Gasteiger partial charge in [0.15, 0.2) is 0 Å². The minimum Gasteiger partial charge on any atom is -0.396 e. The summed E-state index contributed by atoms with van der Waals surface area (Å²) >= 11 is 0. The molecule has 0 saturated carbocycles. The maximum atomic E-state index is 12.5. The number of nitrogens with zero attached hydrogens (tertiary/aromatic N) is 1. The van der Waals surface area contributed by atoms with E-state index in [-0.39, 0.29) is 35.8 Å². The van der Waals surface area contributed by atoms with E-state index < -0.39 is 0 Å². The van der Waals surface area contributed by atoms with Crippen LogP contribution in [0.1, 0.15) is 46.0 Å². The van der Waals surface area contributed by atoms with E-state index >= 15 is 0 Å². The summed E-state index contributed by atoms with van der Waals surface area (Å²) < 4.78 is 0. The molecule has 0 aromatic rings. The molecular formula is C15H26N2O3. The average Bonchev–Trinajstić information content (AvgIpc) is 2.45. The quantitative estimate of drug-likeness (QED) is 0.808. The highest BCUT2D eigenvalue weighted by Crippen LogP contribution is 2.34. The standard InChI is InChI=1S/C15H26N2O3/c1-3-15(10-18)4-6-17(7-5-15)14(20)12-8-11(2)9-13(19)16-12/h11-12,18H,3-10H2,1-2H3,(H,16,19)/t11-,12-/m0/s1. The third-order valence-electron chi connectivity index (χ3n) is 5.03. The first kappa shape index (κ1) is 15.3. The smallest absolute Gasteiger partial charge is 0.245 e. The Labute approximate surface area is 120 Å². The van der Waals surface area contributed by atoms with Crippen LogP contribution in [-0.4, -0.2) is 47.6 Å². The van der Waals surface area contributed by atoms with E-state index in [4.69, 9.17) is 0 Å². The average molecular weight is 282 g/mol. The molecule has 0 bridgehead atoms. The number of amides is 2. The molecule has 2 aliphatic rings. The van der Waals surface area contributed by atoms with Crippen LogP contribution < -0.4 is 5.32 Å². The summed E-state index contributed by atoms with van der Waals surface area (Å²) in [5.41, 5.74) is -0.0140. The topological polar surface area (TPSA) is 69.6 Å². The van der Waals surface area contributed by atoms with Crippen molar-refractivity contribution in [2.45, 2.75) is 52.0 Å². The fourth-order valence-corrected chi connectivity index (χ4v) is 3.32. The zero-order chi connectivity index (χ0) is 14.8. The lowest BCUT2D eigenvalue weighted by atomic mass is 9.77. The van der Waals surface area contributed by atoms with Crippen LogP contribution in [0.2, 0.25) is 0 Å². The Kier molecular flexibility index (Phi) is 4.68. The summed E-state index contributed by atoms with van der Waals surface area (Å²) in [6.07, 6.45) is 3.90. The molecule has 2 fully saturated rings. The number of aliphatic hydroxyl groups excluding tert-OH is 1. The van der Waals surface area contributed by atoms with Gasteiger partial charge in [-0.2, -0.15) is 0 Å². The van der Waals surface area contributed by atoms with Crippen molar-refractivity contribution in [2.24, 2.45) is 11.3 Å². The molecule has 2 amide bonds. The molecule has 0 unspecified atom stereocenters. The van der Waals surface area contributed by atoms with Gasteiger partial charge in [-0.25, -0.2) is 0 Å². The molecule has 5 heteroatoms. The van der Waals surface area contributed by atoms with Crippen LogP contribution in [0.25, 0.3) is 0 Å². The van der Waals surface area contributed by atoms with Gasteiger partial charge in [-0.15, -0.1) is 0 Å². The molecule has 0 radical (unpaired) electrons. The van der Waals surface area contributed by atoms with Gasteiger partial charge >= 0.3 is 0 Å². The number of carbonyl (C=O) groups excluding carboxylic acids is 2. The number of carbonyl (C=O) groups is 2. The summed E-state index contributed by atoms with van der Waals surface area (Å²) in [5, 5.41) is 12.3. The number of likely N-dealkylation sites (tertiary alicyclic amines) is 1. The van der Waals surface area contributed by atoms with Gasteiger partial charge in [-0.05, 0) is 37.0 Å². The number of rotatable bonds is 3. The first-order chi connectivity index (χ1) is 9.49. The fourth-order valence-electron chi connectivity index (χ4n) is 3.32. The van der Waals surface area contributed by atoms with Crippen LogP contribution in [-0.2, 0) is 9.59 Å². The van der Waals surface area contributed by atoms with Crippen molar-refractivity contribution in [3.05, 3.63) is 0 Å². The largest absolute Gasteiger partial charge is 0.396 e. The zero-order valence-electron chi connectivity index (χ0n) is 12.5. The van der Waals surface area contributed by atoms with Gasteiger partial charge in [0.1, 0.15) is 6.04 Å². The molecule has 2 rings (SSSR count). The monoisotopic (exact) mass is 282 g/mol. The Morgan fingerprint density at radius 2 is 2.10 bits per heavy atom. The molecule has 114 valence electrons. The SMILES string of the molecule is CCC1(CO)CCN(C(=O)[C@@H]2C[C@H](C)CC(=O)N2)CC1. The Morgan fingerprint density at radius 3 is 2.60 bits per heavy atom. The molecule has 0 aliphatic carbocycles. The Bertz CT molecular complexity index is 369. The second-order valence-electron chi connectivity index (χ2n) is 6.50. The maximum absolute atomic E-state index is 12.5. The van der Waals surface area contributed by atoms with E-state index in [1.807, 2.05) is 11.8 Å². The predicted molar refractivity (Wildman–Crippen MR) is 76.0 cm³/mol. The van der Waals surface area contributed by atoms with Crippen molar-refractivity contribution in [1.82, 2.24) is 10.2 Å². The van der Waals surface area contributed by atoms with Crippen molar-refractivity contribution >= 4 is 11.8 Å². The predicted octanol–water partition coefficient (Wildman–Crippen LogP) is 0.912. The van der Waals surface area contributed by atoms with Crippen LogP contribution in [0, 0.1) is 11.3 Å². The minimum absolute atomic E-state index is 0.0140. The van der Waals surface area contributed by atoms with Gasteiger partial charge in [-0.1, -0.05) is 13.8 Å². The number of hydrogen-bond acceptors (Lipinski definition) is 3. The van der Waals surface area contributed by atoms with Crippen LogP contribution in [0.3, 0.4) is 0 Å². The first-order valence-corrected chi connectivity index (χ1v) is 7.68. The van der Waals surface area contributed by atoms with Gasteiger partial charge in [0, 0.05) is 26.1 Å². The van der Waals surface area contributed by atoms with Crippen LogP contribution >= 0.6 is 0 Å². The molecule has 0 spiro atoms. The van der Waals surface area contributed by atoms with Gasteiger partial charge in [0.05, 0.1) is 0 Å². The van der Waals surface area contributed by atoms with Gasteiger partial charge in [0.2, 0.25) is 11.8 Å².